The molecule has 5 heteroatoms. The number of carbonyl (C=O) groups is 2. The molecule has 0 unspecified atom stereocenters. The summed E-state index contributed by atoms with van der Waals surface area (Å²) in [5, 5.41) is 0. The Morgan fingerprint density at radius 2 is 1.62 bits per heavy atom. The van der Waals surface area contributed by atoms with Crippen molar-refractivity contribution < 1.29 is 14.3 Å². The monoisotopic (exact) mass is 465 g/mol. The minimum absolute atomic E-state index is 0.0350. The maximum atomic E-state index is 12.6. The molecule has 1 heterocycles. The lowest BCUT2D eigenvalue weighted by molar-refractivity contribution is -0.150. The van der Waals surface area contributed by atoms with E-state index in [-0.39, 0.29) is 17.8 Å². The molecule has 29 heavy (non-hydrogen) atoms. The van der Waals surface area contributed by atoms with Crippen molar-refractivity contribution in [2.45, 2.75) is 77.6 Å². The van der Waals surface area contributed by atoms with Gasteiger partial charge in [0.1, 0.15) is 0 Å². The van der Waals surface area contributed by atoms with Crippen LogP contribution in [-0.4, -0.2) is 36.5 Å². The van der Waals surface area contributed by atoms with E-state index in [2.05, 4.69) is 22.9 Å². The molecule has 2 rings (SSSR count). The van der Waals surface area contributed by atoms with Crippen LogP contribution in [0.2, 0.25) is 0 Å². The third-order valence-electron chi connectivity index (χ3n) is 5.68. The number of likely N-dealkylation sites (tertiary alicyclic amines) is 1. The highest BCUT2D eigenvalue weighted by Crippen LogP contribution is 2.22. The van der Waals surface area contributed by atoms with Crippen molar-refractivity contribution in [3.8, 4) is 0 Å². The SMILES string of the molecule is CCCCCCCCCCCOC(=O)C1CCN(C(=O)c2cccc(Br)c2)CC1. The van der Waals surface area contributed by atoms with Crippen LogP contribution in [-0.2, 0) is 9.53 Å². The molecule has 0 atom stereocenters. The Kier molecular flexibility index (Phi) is 11.4. The van der Waals surface area contributed by atoms with Gasteiger partial charge in [0.2, 0.25) is 0 Å². The van der Waals surface area contributed by atoms with Gasteiger partial charge < -0.3 is 9.64 Å². The third kappa shape index (κ3) is 8.90. The summed E-state index contributed by atoms with van der Waals surface area (Å²) >= 11 is 3.41. The summed E-state index contributed by atoms with van der Waals surface area (Å²) in [5.41, 5.74) is 0.686. The van der Waals surface area contributed by atoms with Crippen molar-refractivity contribution in [3.63, 3.8) is 0 Å². The summed E-state index contributed by atoms with van der Waals surface area (Å²) in [7, 11) is 0. The van der Waals surface area contributed by atoms with E-state index in [0.29, 0.717) is 38.1 Å². The number of carbonyl (C=O) groups excluding carboxylic acids is 2. The molecule has 0 N–H and O–H groups in total. The zero-order valence-corrected chi connectivity index (χ0v) is 19.4. The van der Waals surface area contributed by atoms with Gasteiger partial charge in [-0.25, -0.2) is 0 Å². The number of piperidine rings is 1. The van der Waals surface area contributed by atoms with Gasteiger partial charge in [0.05, 0.1) is 12.5 Å². The second kappa shape index (κ2) is 13.8. The number of hydrogen-bond acceptors (Lipinski definition) is 3. The standard InChI is InChI=1S/C24H36BrNO3/c1-2-3-4-5-6-7-8-9-10-18-29-24(28)20-14-16-26(17-15-20)23(27)21-12-11-13-22(25)19-21/h11-13,19-20H,2-10,14-18H2,1H3. The summed E-state index contributed by atoms with van der Waals surface area (Å²) in [4.78, 5) is 26.7. The van der Waals surface area contributed by atoms with Crippen molar-refractivity contribution in [2.75, 3.05) is 19.7 Å². The molecular formula is C24H36BrNO3. The number of unbranched alkanes of at least 4 members (excludes halogenated alkanes) is 8. The molecule has 1 aliphatic heterocycles. The van der Waals surface area contributed by atoms with E-state index >= 15 is 0 Å². The maximum Gasteiger partial charge on any atom is 0.309 e. The Balaban J connectivity index is 1.55. The molecule has 1 saturated heterocycles. The summed E-state index contributed by atoms with van der Waals surface area (Å²) in [6, 6.07) is 7.45. The average molecular weight is 466 g/mol. The summed E-state index contributed by atoms with van der Waals surface area (Å²) in [6.45, 7) is 4.01. The molecule has 0 aromatic heterocycles. The van der Waals surface area contributed by atoms with Gasteiger partial charge in [-0.3, -0.25) is 9.59 Å². The normalized spacial score (nSPS) is 14.8. The molecule has 1 aromatic carbocycles. The zero-order valence-electron chi connectivity index (χ0n) is 17.8. The van der Waals surface area contributed by atoms with Gasteiger partial charge in [-0.15, -0.1) is 0 Å². The number of ether oxygens (including phenoxy) is 1. The van der Waals surface area contributed by atoms with Gasteiger partial charge in [-0.1, -0.05) is 80.3 Å². The largest absolute Gasteiger partial charge is 0.465 e. The Bertz CT molecular complexity index is 626. The molecule has 0 radical (unpaired) electrons. The number of benzene rings is 1. The fourth-order valence-corrected chi connectivity index (χ4v) is 4.22. The van der Waals surface area contributed by atoms with E-state index in [0.717, 1.165) is 17.3 Å². The molecule has 0 aliphatic carbocycles. The topological polar surface area (TPSA) is 46.6 Å². The summed E-state index contributed by atoms with van der Waals surface area (Å²) in [5.74, 6) is -0.118. The fourth-order valence-electron chi connectivity index (χ4n) is 3.83. The highest BCUT2D eigenvalue weighted by atomic mass is 79.9. The average Bonchev–Trinajstić information content (AvgIpc) is 2.74. The molecular weight excluding hydrogens is 430 g/mol. The highest BCUT2D eigenvalue weighted by molar-refractivity contribution is 9.10. The molecule has 1 aliphatic rings. The van der Waals surface area contributed by atoms with E-state index in [1.807, 2.05) is 29.2 Å². The first kappa shape index (κ1) is 23.9. The van der Waals surface area contributed by atoms with E-state index in [1.54, 1.807) is 0 Å². The van der Waals surface area contributed by atoms with Gasteiger partial charge >= 0.3 is 5.97 Å². The molecule has 0 saturated carbocycles. The first-order valence-electron chi connectivity index (χ1n) is 11.3. The number of rotatable bonds is 12. The molecule has 4 nitrogen and oxygen atoms in total. The molecule has 0 bridgehead atoms. The van der Waals surface area contributed by atoms with E-state index < -0.39 is 0 Å². The van der Waals surface area contributed by atoms with Crippen molar-refractivity contribution in [3.05, 3.63) is 34.3 Å². The second-order valence-corrected chi connectivity index (χ2v) is 8.99. The maximum absolute atomic E-state index is 12.6. The van der Waals surface area contributed by atoms with Crippen LogP contribution in [0.5, 0.6) is 0 Å². The van der Waals surface area contributed by atoms with Crippen molar-refractivity contribution in [1.29, 1.82) is 0 Å². The smallest absolute Gasteiger partial charge is 0.309 e. The third-order valence-corrected chi connectivity index (χ3v) is 6.17. The number of esters is 1. The number of amides is 1. The molecule has 0 spiro atoms. The van der Waals surface area contributed by atoms with E-state index in [1.165, 1.54) is 44.9 Å². The van der Waals surface area contributed by atoms with E-state index in [9.17, 15) is 9.59 Å². The minimum Gasteiger partial charge on any atom is -0.465 e. The van der Waals surface area contributed by atoms with Gasteiger partial charge in [-0.05, 0) is 37.5 Å². The predicted octanol–water partition coefficient (Wildman–Crippen LogP) is 6.38. The minimum atomic E-state index is -0.0841. The molecule has 1 fully saturated rings. The quantitative estimate of drug-likeness (QED) is 0.265. The van der Waals surface area contributed by atoms with Gasteiger partial charge in [0.15, 0.2) is 0 Å². The Hall–Kier alpha value is -1.36. The van der Waals surface area contributed by atoms with Gasteiger partial charge in [0.25, 0.3) is 5.91 Å². The van der Waals surface area contributed by atoms with Crippen molar-refractivity contribution >= 4 is 27.8 Å². The lowest BCUT2D eigenvalue weighted by Crippen LogP contribution is -2.40. The molecule has 1 amide bonds. The lowest BCUT2D eigenvalue weighted by Gasteiger charge is -2.31. The predicted molar refractivity (Wildman–Crippen MR) is 121 cm³/mol. The number of hydrogen-bond donors (Lipinski definition) is 0. The molecule has 162 valence electrons. The van der Waals surface area contributed by atoms with E-state index in [4.69, 9.17) is 4.74 Å². The van der Waals surface area contributed by atoms with Crippen LogP contribution < -0.4 is 0 Å². The van der Waals surface area contributed by atoms with Crippen LogP contribution in [0.4, 0.5) is 0 Å². The second-order valence-electron chi connectivity index (χ2n) is 8.07. The van der Waals surface area contributed by atoms with Crippen LogP contribution in [0.15, 0.2) is 28.7 Å². The van der Waals surface area contributed by atoms with Crippen LogP contribution in [0, 0.1) is 5.92 Å². The Morgan fingerprint density at radius 3 is 2.24 bits per heavy atom. The van der Waals surface area contributed by atoms with Crippen molar-refractivity contribution in [1.82, 2.24) is 4.90 Å². The van der Waals surface area contributed by atoms with Crippen LogP contribution >= 0.6 is 15.9 Å². The van der Waals surface area contributed by atoms with Gasteiger partial charge in [-0.2, -0.15) is 0 Å². The molecule has 1 aromatic rings. The van der Waals surface area contributed by atoms with Crippen molar-refractivity contribution in [2.24, 2.45) is 5.92 Å². The summed E-state index contributed by atoms with van der Waals surface area (Å²) < 4.78 is 6.39. The van der Waals surface area contributed by atoms with Crippen LogP contribution in [0.3, 0.4) is 0 Å². The number of nitrogens with zero attached hydrogens (tertiary/aromatic N) is 1. The van der Waals surface area contributed by atoms with Gasteiger partial charge in [0, 0.05) is 23.1 Å². The Morgan fingerprint density at radius 1 is 1.00 bits per heavy atom. The first-order valence-corrected chi connectivity index (χ1v) is 12.1. The number of halogens is 1. The first-order chi connectivity index (χ1) is 14.1. The Labute approximate surface area is 184 Å². The summed E-state index contributed by atoms with van der Waals surface area (Å²) in [6.07, 6.45) is 12.7. The van der Waals surface area contributed by atoms with Crippen LogP contribution in [0.25, 0.3) is 0 Å². The van der Waals surface area contributed by atoms with Crippen LogP contribution in [0.1, 0.15) is 87.9 Å². The lowest BCUT2D eigenvalue weighted by atomic mass is 9.96. The zero-order chi connectivity index (χ0) is 20.9. The fraction of sp³-hybridized carbons (Fsp3) is 0.667. The highest BCUT2D eigenvalue weighted by Gasteiger charge is 2.28.